The van der Waals surface area contributed by atoms with Crippen molar-refractivity contribution in [2.45, 2.75) is 45.4 Å². The van der Waals surface area contributed by atoms with Crippen LogP contribution in [0.3, 0.4) is 0 Å². The lowest BCUT2D eigenvalue weighted by atomic mass is 9.89. The number of aromatic amines is 1. The minimum atomic E-state index is -0.395. The maximum Gasteiger partial charge on any atom is 0.487 e. The van der Waals surface area contributed by atoms with Gasteiger partial charge < -0.3 is 20.0 Å². The van der Waals surface area contributed by atoms with Crippen LogP contribution < -0.4 is 11.3 Å². The van der Waals surface area contributed by atoms with Gasteiger partial charge in [-0.25, -0.2) is 0 Å². The van der Waals surface area contributed by atoms with E-state index in [-0.39, 0.29) is 23.3 Å². The van der Waals surface area contributed by atoms with E-state index in [0.29, 0.717) is 5.56 Å². The van der Waals surface area contributed by atoms with E-state index in [0.717, 1.165) is 5.56 Å². The third-order valence-corrected chi connectivity index (χ3v) is 3.94. The summed E-state index contributed by atoms with van der Waals surface area (Å²) in [6, 6.07) is 1.76. The molecule has 0 aliphatic carbocycles. The molecule has 2 rings (SSSR count). The number of pyridine rings is 1. The van der Waals surface area contributed by atoms with Crippen LogP contribution in [-0.2, 0) is 15.9 Å². The van der Waals surface area contributed by atoms with Crippen LogP contribution in [0.5, 0.6) is 0 Å². The van der Waals surface area contributed by atoms with Gasteiger partial charge in [0, 0.05) is 18.3 Å². The van der Waals surface area contributed by atoms with E-state index in [9.17, 15) is 4.79 Å². The highest BCUT2D eigenvalue weighted by Gasteiger charge is 2.49. The molecule has 0 bridgehead atoms. The molecule has 0 spiro atoms. The molecule has 1 saturated heterocycles. The van der Waals surface area contributed by atoms with Crippen LogP contribution >= 0.6 is 0 Å². The standard InChI is InChI=1S/C14H21BN2O3/c1-13(2)14(3,4)20-15(19-13)6-5-10-7-11(8-16)12(18)17-9-10/h5-7,9H,8,16H2,1-4H3,(H,17,18)/b6-5+. The first kappa shape index (κ1) is 15.0. The largest absolute Gasteiger partial charge is 0.487 e. The zero-order valence-corrected chi connectivity index (χ0v) is 12.4. The summed E-state index contributed by atoms with van der Waals surface area (Å²) in [6.45, 7) is 8.25. The summed E-state index contributed by atoms with van der Waals surface area (Å²) in [5.41, 5.74) is 6.08. The first-order chi connectivity index (χ1) is 9.25. The summed E-state index contributed by atoms with van der Waals surface area (Å²) < 4.78 is 11.7. The summed E-state index contributed by atoms with van der Waals surface area (Å²) in [4.78, 5) is 14.1. The second kappa shape index (κ2) is 5.20. The average Bonchev–Trinajstić information content (AvgIpc) is 2.57. The minimum Gasteiger partial charge on any atom is -0.400 e. The van der Waals surface area contributed by atoms with Gasteiger partial charge in [-0.3, -0.25) is 4.79 Å². The van der Waals surface area contributed by atoms with Crippen LogP contribution in [0.4, 0.5) is 0 Å². The number of nitrogens with two attached hydrogens (primary N) is 1. The molecule has 0 radical (unpaired) electrons. The summed E-state index contributed by atoms with van der Waals surface area (Å²) in [7, 11) is -0.395. The Morgan fingerprint density at radius 1 is 1.30 bits per heavy atom. The molecular weight excluding hydrogens is 255 g/mol. The van der Waals surface area contributed by atoms with Crippen molar-refractivity contribution in [2.75, 3.05) is 0 Å². The van der Waals surface area contributed by atoms with Crippen molar-refractivity contribution >= 4 is 13.2 Å². The molecular formula is C14H21BN2O3. The molecule has 0 atom stereocenters. The Hall–Kier alpha value is -1.37. The Morgan fingerprint density at radius 2 is 1.90 bits per heavy atom. The van der Waals surface area contributed by atoms with Crippen molar-refractivity contribution in [3.63, 3.8) is 0 Å². The van der Waals surface area contributed by atoms with E-state index in [1.807, 2.05) is 39.7 Å². The number of hydrogen-bond donors (Lipinski definition) is 2. The molecule has 0 amide bonds. The molecule has 2 heterocycles. The maximum atomic E-state index is 11.4. The molecule has 6 heteroatoms. The summed E-state index contributed by atoms with van der Waals surface area (Å²) in [5, 5.41) is 0. The lowest BCUT2D eigenvalue weighted by Crippen LogP contribution is -2.41. The highest BCUT2D eigenvalue weighted by molar-refractivity contribution is 6.52. The third-order valence-electron chi connectivity index (χ3n) is 3.94. The second-order valence-electron chi connectivity index (χ2n) is 5.98. The topological polar surface area (TPSA) is 77.3 Å². The van der Waals surface area contributed by atoms with Crippen molar-refractivity contribution < 1.29 is 9.31 Å². The monoisotopic (exact) mass is 276 g/mol. The molecule has 0 aromatic carbocycles. The molecule has 0 saturated carbocycles. The molecule has 1 aromatic rings. The maximum absolute atomic E-state index is 11.4. The summed E-state index contributed by atoms with van der Waals surface area (Å²) in [5.74, 6) is 1.84. The average molecular weight is 276 g/mol. The molecule has 1 aliphatic rings. The first-order valence-electron chi connectivity index (χ1n) is 6.71. The number of H-pyrrole nitrogens is 1. The van der Waals surface area contributed by atoms with Crippen LogP contribution in [0.1, 0.15) is 38.8 Å². The predicted octanol–water partition coefficient (Wildman–Crippen LogP) is 1.48. The lowest BCUT2D eigenvalue weighted by Gasteiger charge is -2.32. The van der Waals surface area contributed by atoms with Crippen LogP contribution in [0, 0.1) is 0 Å². The molecule has 1 aliphatic heterocycles. The molecule has 1 fully saturated rings. The zero-order valence-electron chi connectivity index (χ0n) is 12.4. The van der Waals surface area contributed by atoms with Crippen molar-refractivity contribution in [1.29, 1.82) is 0 Å². The van der Waals surface area contributed by atoms with Gasteiger partial charge in [-0.2, -0.15) is 0 Å². The van der Waals surface area contributed by atoms with Crippen molar-refractivity contribution in [1.82, 2.24) is 4.98 Å². The van der Waals surface area contributed by atoms with Gasteiger partial charge in [0.05, 0.1) is 11.2 Å². The fourth-order valence-electron chi connectivity index (χ4n) is 1.95. The van der Waals surface area contributed by atoms with Gasteiger partial charge in [-0.1, -0.05) is 12.1 Å². The van der Waals surface area contributed by atoms with Gasteiger partial charge in [-0.15, -0.1) is 0 Å². The molecule has 3 N–H and O–H groups in total. The molecule has 5 nitrogen and oxygen atoms in total. The Bertz CT molecular complexity index is 562. The fourth-order valence-corrected chi connectivity index (χ4v) is 1.95. The van der Waals surface area contributed by atoms with Crippen LogP contribution in [-0.4, -0.2) is 23.3 Å². The molecule has 108 valence electrons. The van der Waals surface area contributed by atoms with E-state index in [1.54, 1.807) is 12.3 Å². The molecule has 1 aromatic heterocycles. The van der Waals surface area contributed by atoms with Crippen molar-refractivity contribution in [2.24, 2.45) is 5.73 Å². The SMILES string of the molecule is CC1(C)OB(/C=C/c2c[nH]c(=O)c(CN)c2)OC1(C)C. The normalized spacial score (nSPS) is 20.8. The van der Waals surface area contributed by atoms with Gasteiger partial charge in [0.2, 0.25) is 0 Å². The Balaban J connectivity index is 2.14. The van der Waals surface area contributed by atoms with Crippen LogP contribution in [0.25, 0.3) is 6.08 Å². The summed E-state index contributed by atoms with van der Waals surface area (Å²) >= 11 is 0. The number of hydrogen-bond acceptors (Lipinski definition) is 4. The Labute approximate surface area is 119 Å². The van der Waals surface area contributed by atoms with Gasteiger partial charge in [0.15, 0.2) is 0 Å². The highest BCUT2D eigenvalue weighted by atomic mass is 16.7. The number of aromatic nitrogens is 1. The Morgan fingerprint density at radius 3 is 2.45 bits per heavy atom. The zero-order chi connectivity index (χ0) is 15.0. The predicted molar refractivity (Wildman–Crippen MR) is 80.1 cm³/mol. The minimum absolute atomic E-state index is 0.153. The van der Waals surface area contributed by atoms with Gasteiger partial charge in [0.1, 0.15) is 0 Å². The van der Waals surface area contributed by atoms with Crippen LogP contribution in [0.2, 0.25) is 0 Å². The van der Waals surface area contributed by atoms with E-state index in [1.165, 1.54) is 0 Å². The number of nitrogens with one attached hydrogen (secondary N) is 1. The van der Waals surface area contributed by atoms with Crippen molar-refractivity contribution in [3.05, 3.63) is 39.7 Å². The highest BCUT2D eigenvalue weighted by Crippen LogP contribution is 2.36. The van der Waals surface area contributed by atoms with E-state index < -0.39 is 7.12 Å². The van der Waals surface area contributed by atoms with Crippen LogP contribution in [0.15, 0.2) is 23.0 Å². The fraction of sp³-hybridized carbons (Fsp3) is 0.500. The molecule has 0 unspecified atom stereocenters. The van der Waals surface area contributed by atoms with Gasteiger partial charge in [0.25, 0.3) is 5.56 Å². The van der Waals surface area contributed by atoms with E-state index >= 15 is 0 Å². The van der Waals surface area contributed by atoms with Crippen molar-refractivity contribution in [3.8, 4) is 0 Å². The first-order valence-corrected chi connectivity index (χ1v) is 6.71. The summed E-state index contributed by atoms with van der Waals surface area (Å²) in [6.07, 6.45) is 3.50. The smallest absolute Gasteiger partial charge is 0.400 e. The van der Waals surface area contributed by atoms with Gasteiger partial charge in [-0.05, 0) is 39.3 Å². The van der Waals surface area contributed by atoms with E-state index in [2.05, 4.69) is 4.98 Å². The third kappa shape index (κ3) is 2.87. The lowest BCUT2D eigenvalue weighted by molar-refractivity contribution is 0.00578. The Kier molecular flexibility index (Phi) is 3.91. The van der Waals surface area contributed by atoms with Gasteiger partial charge >= 0.3 is 7.12 Å². The second-order valence-corrected chi connectivity index (χ2v) is 5.98. The number of rotatable bonds is 3. The van der Waals surface area contributed by atoms with E-state index in [4.69, 9.17) is 15.0 Å². The molecule has 20 heavy (non-hydrogen) atoms. The quantitative estimate of drug-likeness (QED) is 0.820.